The van der Waals surface area contributed by atoms with Gasteiger partial charge in [-0.15, -0.1) is 0 Å². The average molecular weight is 407 g/mol. The lowest BCUT2D eigenvalue weighted by Crippen LogP contribution is -2.42. The molecule has 3 heterocycles. The van der Waals surface area contributed by atoms with Crippen molar-refractivity contribution in [2.45, 2.75) is 23.7 Å². The Morgan fingerprint density at radius 3 is 2.50 bits per heavy atom. The summed E-state index contributed by atoms with van der Waals surface area (Å²) in [6, 6.07) is 10.5. The van der Waals surface area contributed by atoms with Gasteiger partial charge in [-0.2, -0.15) is 17.5 Å². The highest BCUT2D eigenvalue weighted by Crippen LogP contribution is 2.40. The lowest BCUT2D eigenvalue weighted by Gasteiger charge is -2.36. The molecule has 0 N–H and O–H groups in total. The summed E-state index contributed by atoms with van der Waals surface area (Å²) in [6.45, 7) is 0.405. The van der Waals surface area contributed by atoms with Crippen LogP contribution in [-0.4, -0.2) is 28.8 Å². The summed E-state index contributed by atoms with van der Waals surface area (Å²) in [5, 5.41) is 0. The van der Waals surface area contributed by atoms with Crippen molar-refractivity contribution in [3.05, 3.63) is 83.9 Å². The molecule has 0 radical (unpaired) electrons. The van der Waals surface area contributed by atoms with Gasteiger partial charge >= 0.3 is 6.18 Å². The normalized spacial score (nSPS) is 18.0. The third kappa shape index (κ3) is 3.10. The Labute approximate surface area is 160 Å². The molecule has 0 saturated heterocycles. The molecule has 146 valence electrons. The van der Waals surface area contributed by atoms with Crippen LogP contribution in [0.15, 0.2) is 72.0 Å². The summed E-state index contributed by atoms with van der Waals surface area (Å²) in [7, 11) is -4.42. The molecular weight excluding hydrogens is 391 g/mol. The number of pyridine rings is 1. The quantitative estimate of drug-likeness (QED) is 0.665. The number of aromatic nitrogens is 2. The number of nitrogens with zero attached hydrogens (tertiary/aromatic N) is 3. The first-order valence-corrected chi connectivity index (χ1v) is 9.97. The van der Waals surface area contributed by atoms with Crippen molar-refractivity contribution < 1.29 is 21.6 Å². The van der Waals surface area contributed by atoms with Gasteiger partial charge in [0.15, 0.2) is 0 Å². The minimum Gasteiger partial charge on any atom is -0.348 e. The standard InChI is InChI=1S/C19H16F3N3O2S/c20-19(21,22)15-6-1-2-8-17(15)28(26,27)25-12-11-24-10-4-7-16(24)18(25)14-5-3-9-23-13-14/h1-10,13,18H,11-12H2. The van der Waals surface area contributed by atoms with E-state index in [1.165, 1.54) is 18.3 Å². The molecular formula is C19H16F3N3O2S. The zero-order chi connectivity index (χ0) is 19.9. The molecule has 0 fully saturated rings. The fourth-order valence-electron chi connectivity index (χ4n) is 3.55. The highest BCUT2D eigenvalue weighted by Gasteiger charge is 2.43. The van der Waals surface area contributed by atoms with E-state index in [4.69, 9.17) is 0 Å². The van der Waals surface area contributed by atoms with E-state index < -0.39 is 32.7 Å². The van der Waals surface area contributed by atoms with Crippen LogP contribution in [0.2, 0.25) is 0 Å². The average Bonchev–Trinajstić information content (AvgIpc) is 3.16. The molecule has 2 aromatic heterocycles. The first kappa shape index (κ1) is 18.7. The Balaban J connectivity index is 1.88. The molecule has 0 spiro atoms. The molecule has 5 nitrogen and oxygen atoms in total. The second-order valence-electron chi connectivity index (χ2n) is 6.43. The molecule has 1 atom stereocenters. The lowest BCUT2D eigenvalue weighted by atomic mass is 10.0. The van der Waals surface area contributed by atoms with Crippen LogP contribution in [0.5, 0.6) is 0 Å². The lowest BCUT2D eigenvalue weighted by molar-refractivity contribution is -0.139. The van der Waals surface area contributed by atoms with Crippen molar-refractivity contribution in [1.82, 2.24) is 13.9 Å². The number of alkyl halides is 3. The molecule has 0 amide bonds. The third-order valence-electron chi connectivity index (χ3n) is 4.77. The summed E-state index contributed by atoms with van der Waals surface area (Å²) in [4.78, 5) is 3.31. The Morgan fingerprint density at radius 2 is 1.79 bits per heavy atom. The minimum atomic E-state index is -4.77. The third-order valence-corrected chi connectivity index (χ3v) is 6.70. The molecule has 1 aliphatic rings. The highest BCUT2D eigenvalue weighted by molar-refractivity contribution is 7.89. The van der Waals surface area contributed by atoms with Crippen LogP contribution in [-0.2, 0) is 22.7 Å². The molecule has 4 rings (SSSR count). The molecule has 28 heavy (non-hydrogen) atoms. The summed E-state index contributed by atoms with van der Waals surface area (Å²) in [6.07, 6.45) is 0.143. The van der Waals surface area contributed by atoms with E-state index in [-0.39, 0.29) is 6.54 Å². The molecule has 1 aromatic carbocycles. The monoisotopic (exact) mass is 407 g/mol. The molecule has 0 bridgehead atoms. The van der Waals surface area contributed by atoms with Crippen molar-refractivity contribution in [3.8, 4) is 0 Å². The minimum absolute atomic E-state index is 0.0514. The molecule has 9 heteroatoms. The Bertz CT molecular complexity index is 1090. The number of halogens is 3. The molecule has 1 unspecified atom stereocenters. The van der Waals surface area contributed by atoms with E-state index >= 15 is 0 Å². The van der Waals surface area contributed by atoms with Gasteiger partial charge < -0.3 is 4.57 Å². The smallest absolute Gasteiger partial charge is 0.348 e. The van der Waals surface area contributed by atoms with Crippen LogP contribution < -0.4 is 0 Å². The largest absolute Gasteiger partial charge is 0.417 e. The van der Waals surface area contributed by atoms with Crippen LogP contribution in [0.1, 0.15) is 22.9 Å². The number of sulfonamides is 1. The van der Waals surface area contributed by atoms with Crippen LogP contribution in [0, 0.1) is 0 Å². The fourth-order valence-corrected chi connectivity index (χ4v) is 5.34. The molecule has 3 aromatic rings. The molecule has 0 saturated carbocycles. The van der Waals surface area contributed by atoms with Gasteiger partial charge in [0.2, 0.25) is 10.0 Å². The number of hydrogen-bond donors (Lipinski definition) is 0. The zero-order valence-corrected chi connectivity index (χ0v) is 15.4. The Kier molecular flexibility index (Phi) is 4.51. The summed E-state index contributed by atoms with van der Waals surface area (Å²) in [5.74, 6) is 0. The van der Waals surface area contributed by atoms with Crippen molar-refractivity contribution >= 4 is 10.0 Å². The van der Waals surface area contributed by atoms with Crippen LogP contribution in [0.3, 0.4) is 0 Å². The van der Waals surface area contributed by atoms with E-state index in [0.717, 1.165) is 16.4 Å². The topological polar surface area (TPSA) is 55.2 Å². The van der Waals surface area contributed by atoms with Crippen LogP contribution >= 0.6 is 0 Å². The maximum atomic E-state index is 13.5. The van der Waals surface area contributed by atoms with Crippen molar-refractivity contribution in [1.29, 1.82) is 0 Å². The van der Waals surface area contributed by atoms with Crippen molar-refractivity contribution in [2.75, 3.05) is 6.54 Å². The number of rotatable bonds is 3. The number of hydrogen-bond acceptors (Lipinski definition) is 3. The van der Waals surface area contributed by atoms with Gasteiger partial charge in [0.1, 0.15) is 0 Å². The SMILES string of the molecule is O=S(=O)(c1ccccc1C(F)(F)F)N1CCn2cccc2C1c1cccnc1. The van der Waals surface area contributed by atoms with Crippen molar-refractivity contribution in [3.63, 3.8) is 0 Å². The second-order valence-corrected chi connectivity index (χ2v) is 8.28. The molecule has 0 aliphatic carbocycles. The first-order chi connectivity index (χ1) is 13.3. The van der Waals surface area contributed by atoms with Gasteiger partial charge in [-0.1, -0.05) is 18.2 Å². The zero-order valence-electron chi connectivity index (χ0n) is 14.5. The number of benzene rings is 1. The van der Waals surface area contributed by atoms with Crippen molar-refractivity contribution in [2.24, 2.45) is 0 Å². The Hall–Kier alpha value is -2.65. The predicted molar refractivity (Wildman–Crippen MR) is 95.8 cm³/mol. The summed E-state index contributed by atoms with van der Waals surface area (Å²) in [5.41, 5.74) is 0.114. The highest BCUT2D eigenvalue weighted by atomic mass is 32.2. The predicted octanol–water partition coefficient (Wildman–Crippen LogP) is 3.70. The molecule has 1 aliphatic heterocycles. The van der Waals surface area contributed by atoms with Gasteiger partial charge in [-0.3, -0.25) is 4.98 Å². The summed E-state index contributed by atoms with van der Waals surface area (Å²) < 4.78 is 70.1. The van der Waals surface area contributed by atoms with Gasteiger partial charge in [0, 0.05) is 37.4 Å². The maximum absolute atomic E-state index is 13.5. The van der Waals surface area contributed by atoms with Crippen LogP contribution in [0.4, 0.5) is 13.2 Å². The maximum Gasteiger partial charge on any atom is 0.417 e. The van der Waals surface area contributed by atoms with E-state index in [9.17, 15) is 21.6 Å². The van der Waals surface area contributed by atoms with Crippen LogP contribution in [0.25, 0.3) is 0 Å². The fraction of sp³-hybridized carbons (Fsp3) is 0.211. The van der Waals surface area contributed by atoms with Gasteiger partial charge in [-0.05, 0) is 35.9 Å². The Morgan fingerprint density at radius 1 is 1.00 bits per heavy atom. The van der Waals surface area contributed by atoms with Gasteiger partial charge in [0.25, 0.3) is 0 Å². The summed E-state index contributed by atoms with van der Waals surface area (Å²) >= 11 is 0. The van der Waals surface area contributed by atoms with E-state index in [1.807, 2.05) is 10.8 Å². The first-order valence-electron chi connectivity index (χ1n) is 8.53. The second kappa shape index (κ2) is 6.75. The van der Waals surface area contributed by atoms with E-state index in [2.05, 4.69) is 4.98 Å². The van der Waals surface area contributed by atoms with E-state index in [1.54, 1.807) is 30.5 Å². The van der Waals surface area contributed by atoms with Gasteiger partial charge in [0.05, 0.1) is 16.5 Å². The van der Waals surface area contributed by atoms with E-state index in [0.29, 0.717) is 17.8 Å². The van der Waals surface area contributed by atoms with Gasteiger partial charge in [-0.25, -0.2) is 8.42 Å². The number of fused-ring (bicyclic) bond motifs is 1.